The van der Waals surface area contributed by atoms with E-state index in [0.717, 1.165) is 16.5 Å². The van der Waals surface area contributed by atoms with Crippen LogP contribution in [-0.2, 0) is 20.9 Å². The number of nitrogens with zero attached hydrogens (tertiary/aromatic N) is 3. The zero-order valence-corrected chi connectivity index (χ0v) is 21.6. The van der Waals surface area contributed by atoms with Gasteiger partial charge < -0.3 is 19.5 Å². The number of morpholine rings is 1. The average Bonchev–Trinajstić information content (AvgIpc) is 3.25. The van der Waals surface area contributed by atoms with E-state index in [-0.39, 0.29) is 24.3 Å². The van der Waals surface area contributed by atoms with E-state index in [1.807, 2.05) is 48.9 Å². The number of ether oxygens (including phenoxy) is 1. The summed E-state index contributed by atoms with van der Waals surface area (Å²) in [5, 5.41) is 8.35. The zero-order chi connectivity index (χ0) is 26.4. The zero-order valence-electron chi connectivity index (χ0n) is 20.8. The van der Waals surface area contributed by atoms with Crippen molar-refractivity contribution in [3.8, 4) is 0 Å². The second-order valence-corrected chi connectivity index (χ2v) is 9.60. The lowest BCUT2D eigenvalue weighted by molar-refractivity contribution is -0.135. The first-order valence-electron chi connectivity index (χ1n) is 12.2. The number of para-hydroxylation sites is 1. The molecule has 10 heteroatoms. The van der Waals surface area contributed by atoms with Crippen molar-refractivity contribution in [2.45, 2.75) is 26.4 Å². The summed E-state index contributed by atoms with van der Waals surface area (Å²) >= 11 is 5.89. The van der Waals surface area contributed by atoms with Gasteiger partial charge >= 0.3 is 0 Å². The van der Waals surface area contributed by atoms with Crippen LogP contribution in [0.1, 0.15) is 29.8 Å². The fourth-order valence-corrected chi connectivity index (χ4v) is 4.29. The molecule has 3 amide bonds. The molecule has 37 heavy (non-hydrogen) atoms. The van der Waals surface area contributed by atoms with Crippen LogP contribution in [0.3, 0.4) is 0 Å². The monoisotopic (exact) mass is 523 g/mol. The predicted octanol–water partition coefficient (Wildman–Crippen LogP) is 3.06. The van der Waals surface area contributed by atoms with E-state index < -0.39 is 11.9 Å². The number of hydrogen-bond acceptors (Lipinski definition) is 5. The summed E-state index contributed by atoms with van der Waals surface area (Å²) in [5.41, 5.74) is 4.61. The van der Waals surface area contributed by atoms with Crippen molar-refractivity contribution < 1.29 is 19.1 Å². The smallest absolute Gasteiger partial charge is 0.262 e. The summed E-state index contributed by atoms with van der Waals surface area (Å²) in [6.07, 6.45) is 3.40. The van der Waals surface area contributed by atoms with Gasteiger partial charge in [0.05, 0.1) is 19.4 Å². The Balaban J connectivity index is 1.44. The number of aromatic nitrogens is 1. The Morgan fingerprint density at radius 3 is 2.49 bits per heavy atom. The molecule has 2 aromatic carbocycles. The number of rotatable bonds is 8. The van der Waals surface area contributed by atoms with Gasteiger partial charge in [-0.1, -0.05) is 43.6 Å². The molecule has 2 heterocycles. The molecule has 9 nitrogen and oxygen atoms in total. The number of carbonyl (C=O) groups excluding carboxylic acids is 3. The molecule has 0 aliphatic carbocycles. The highest BCUT2D eigenvalue weighted by Crippen LogP contribution is 2.20. The van der Waals surface area contributed by atoms with Gasteiger partial charge in [-0.15, -0.1) is 0 Å². The minimum absolute atomic E-state index is 0.0250. The Morgan fingerprint density at radius 2 is 1.78 bits per heavy atom. The lowest BCUT2D eigenvalue weighted by atomic mass is 10.0. The first-order chi connectivity index (χ1) is 17.8. The quantitative estimate of drug-likeness (QED) is 0.350. The Labute approximate surface area is 220 Å². The summed E-state index contributed by atoms with van der Waals surface area (Å²) in [7, 11) is 0. The van der Waals surface area contributed by atoms with E-state index in [0.29, 0.717) is 36.9 Å². The summed E-state index contributed by atoms with van der Waals surface area (Å²) < 4.78 is 7.23. The van der Waals surface area contributed by atoms with Crippen molar-refractivity contribution >= 4 is 46.4 Å². The summed E-state index contributed by atoms with van der Waals surface area (Å²) in [5.74, 6) is -0.945. The molecule has 1 aliphatic rings. The highest BCUT2D eigenvalue weighted by Gasteiger charge is 2.24. The number of amides is 3. The molecule has 4 rings (SSSR count). The number of nitrogens with one attached hydrogen (secondary N) is 2. The molecule has 1 aromatic heterocycles. The number of fused-ring (bicyclic) bond motifs is 1. The van der Waals surface area contributed by atoms with Gasteiger partial charge in [0.1, 0.15) is 12.6 Å². The first-order valence-corrected chi connectivity index (χ1v) is 12.5. The largest absolute Gasteiger partial charge is 0.378 e. The fraction of sp³-hybridized carbons (Fsp3) is 0.333. The Kier molecular flexibility index (Phi) is 8.58. The predicted molar refractivity (Wildman–Crippen MR) is 143 cm³/mol. The van der Waals surface area contributed by atoms with Crippen LogP contribution < -0.4 is 10.7 Å². The van der Waals surface area contributed by atoms with Crippen LogP contribution in [0.5, 0.6) is 0 Å². The molecule has 0 spiro atoms. The van der Waals surface area contributed by atoms with Crippen molar-refractivity contribution in [3.05, 3.63) is 70.9 Å². The van der Waals surface area contributed by atoms with Gasteiger partial charge in [0.15, 0.2) is 0 Å². The van der Waals surface area contributed by atoms with Crippen LogP contribution >= 0.6 is 11.6 Å². The van der Waals surface area contributed by atoms with Crippen LogP contribution in [0.4, 0.5) is 0 Å². The standard InChI is InChI=1S/C27H30ClN5O4/c1-18(2)25(30-26(35)19-7-9-21(28)10-8-19)27(36)31-29-15-20-16-33(23-6-4-3-5-22(20)23)17-24(34)32-11-13-37-14-12-32/h3-10,15-16,18,25H,11-14,17H2,1-2H3,(H,30,35)(H,31,36). The molecule has 0 bridgehead atoms. The molecule has 1 atom stereocenters. The van der Waals surface area contributed by atoms with Crippen LogP contribution in [0, 0.1) is 5.92 Å². The molecule has 1 aliphatic heterocycles. The molecular formula is C27H30ClN5O4. The Morgan fingerprint density at radius 1 is 1.08 bits per heavy atom. The third-order valence-corrected chi connectivity index (χ3v) is 6.46. The maximum Gasteiger partial charge on any atom is 0.262 e. The van der Waals surface area contributed by atoms with Crippen LogP contribution in [0.2, 0.25) is 5.02 Å². The number of benzene rings is 2. The number of hydrogen-bond donors (Lipinski definition) is 2. The van der Waals surface area contributed by atoms with Crippen molar-refractivity contribution in [2.75, 3.05) is 26.3 Å². The van der Waals surface area contributed by atoms with Crippen LogP contribution in [0.25, 0.3) is 10.9 Å². The van der Waals surface area contributed by atoms with Gasteiger partial charge in [-0.3, -0.25) is 14.4 Å². The maximum atomic E-state index is 12.9. The Bertz CT molecular complexity index is 1300. The molecule has 1 fully saturated rings. The fourth-order valence-electron chi connectivity index (χ4n) is 4.16. The van der Waals surface area contributed by atoms with Crippen molar-refractivity contribution in [2.24, 2.45) is 11.0 Å². The summed E-state index contributed by atoms with van der Waals surface area (Å²) in [6.45, 7) is 6.16. The second kappa shape index (κ2) is 12.0. The lowest BCUT2D eigenvalue weighted by Crippen LogP contribution is -2.48. The number of hydrazone groups is 1. The average molecular weight is 524 g/mol. The molecule has 3 aromatic rings. The van der Waals surface area contributed by atoms with Crippen molar-refractivity contribution in [1.29, 1.82) is 0 Å². The van der Waals surface area contributed by atoms with E-state index in [4.69, 9.17) is 16.3 Å². The Hall–Kier alpha value is -3.69. The van der Waals surface area contributed by atoms with Gasteiger partial charge in [-0.2, -0.15) is 5.10 Å². The van der Waals surface area contributed by atoms with Gasteiger partial charge in [-0.25, -0.2) is 5.43 Å². The third kappa shape index (κ3) is 6.55. The van der Waals surface area contributed by atoms with Crippen LogP contribution in [-0.4, -0.2) is 65.7 Å². The molecule has 1 unspecified atom stereocenters. The van der Waals surface area contributed by atoms with Gasteiger partial charge in [0, 0.05) is 46.3 Å². The topological polar surface area (TPSA) is 105 Å². The molecule has 0 radical (unpaired) electrons. The SMILES string of the molecule is CC(C)C(NC(=O)c1ccc(Cl)cc1)C(=O)NN=Cc1cn(CC(=O)N2CCOCC2)c2ccccc12. The van der Waals surface area contributed by atoms with E-state index in [9.17, 15) is 14.4 Å². The lowest BCUT2D eigenvalue weighted by Gasteiger charge is -2.27. The highest BCUT2D eigenvalue weighted by molar-refractivity contribution is 6.30. The van der Waals surface area contributed by atoms with E-state index in [1.165, 1.54) is 0 Å². The van der Waals surface area contributed by atoms with Gasteiger partial charge in [0.2, 0.25) is 5.91 Å². The summed E-state index contributed by atoms with van der Waals surface area (Å²) in [6, 6.07) is 13.4. The van der Waals surface area contributed by atoms with Gasteiger partial charge in [-0.05, 0) is 36.2 Å². The second-order valence-electron chi connectivity index (χ2n) is 9.16. The normalized spacial score (nSPS) is 14.8. The van der Waals surface area contributed by atoms with Crippen molar-refractivity contribution in [1.82, 2.24) is 20.2 Å². The number of halogens is 1. The van der Waals surface area contributed by atoms with E-state index >= 15 is 0 Å². The van der Waals surface area contributed by atoms with E-state index in [2.05, 4.69) is 15.8 Å². The molecule has 2 N–H and O–H groups in total. The number of carbonyl (C=O) groups is 3. The van der Waals surface area contributed by atoms with Crippen molar-refractivity contribution in [3.63, 3.8) is 0 Å². The molecule has 194 valence electrons. The highest BCUT2D eigenvalue weighted by atomic mass is 35.5. The van der Waals surface area contributed by atoms with Crippen LogP contribution in [0.15, 0.2) is 59.8 Å². The maximum absolute atomic E-state index is 12.9. The summed E-state index contributed by atoms with van der Waals surface area (Å²) in [4.78, 5) is 40.1. The van der Waals surface area contributed by atoms with E-state index in [1.54, 1.807) is 35.4 Å². The molecular weight excluding hydrogens is 494 g/mol. The third-order valence-electron chi connectivity index (χ3n) is 6.21. The first kappa shape index (κ1) is 26.4. The minimum atomic E-state index is -0.784. The molecule has 1 saturated heterocycles. The van der Waals surface area contributed by atoms with Gasteiger partial charge in [0.25, 0.3) is 11.8 Å². The molecule has 0 saturated carbocycles. The minimum Gasteiger partial charge on any atom is -0.378 e.